The van der Waals surface area contributed by atoms with Gasteiger partial charge in [-0.05, 0) is 33.3 Å². The Bertz CT molecular complexity index is 814. The van der Waals surface area contributed by atoms with Crippen molar-refractivity contribution in [2.24, 2.45) is 0 Å². The molecule has 8 heteroatoms. The molecule has 1 unspecified atom stereocenters. The Kier molecular flexibility index (Phi) is 4.61. The van der Waals surface area contributed by atoms with Gasteiger partial charge in [0.15, 0.2) is 0 Å². The molecule has 0 saturated carbocycles. The fourth-order valence-electron chi connectivity index (χ4n) is 3.19. The Morgan fingerprint density at radius 3 is 2.84 bits per heavy atom. The minimum Gasteiger partial charge on any atom is -0.355 e. The number of aryl methyl sites for hydroxylation is 1. The lowest BCUT2D eigenvalue weighted by molar-refractivity contribution is 0.0964. The van der Waals surface area contributed by atoms with Crippen molar-refractivity contribution in [1.29, 1.82) is 0 Å². The number of carbonyl (C=O) groups excluding carboxylic acids is 2. The average Bonchev–Trinajstić information content (AvgIpc) is 3.18. The summed E-state index contributed by atoms with van der Waals surface area (Å²) in [5, 5.41) is 10.4. The molecule has 1 aliphatic heterocycles. The van der Waals surface area contributed by atoms with Crippen molar-refractivity contribution >= 4 is 23.0 Å². The first kappa shape index (κ1) is 17.2. The van der Waals surface area contributed by atoms with Gasteiger partial charge in [-0.3, -0.25) is 4.79 Å². The lowest BCUT2D eigenvalue weighted by atomic mass is 9.99. The second-order valence-corrected chi connectivity index (χ2v) is 6.67. The van der Waals surface area contributed by atoms with Crippen LogP contribution in [-0.4, -0.2) is 53.2 Å². The normalized spacial score (nSPS) is 17.3. The van der Waals surface area contributed by atoms with E-state index in [0.717, 1.165) is 6.42 Å². The Morgan fingerprint density at radius 1 is 1.40 bits per heavy atom. The SMILES string of the molecule is CNC(=O)c1cc(C)nc2onc(C3CCN(C(=O)NC(C)C)C3)c12. The largest absolute Gasteiger partial charge is 0.355 e. The molecule has 2 aromatic heterocycles. The van der Waals surface area contributed by atoms with Crippen molar-refractivity contribution < 1.29 is 14.1 Å². The summed E-state index contributed by atoms with van der Waals surface area (Å²) >= 11 is 0. The summed E-state index contributed by atoms with van der Waals surface area (Å²) < 4.78 is 5.38. The number of carbonyl (C=O) groups is 2. The number of nitrogens with one attached hydrogen (secondary N) is 2. The number of hydrogen-bond acceptors (Lipinski definition) is 5. The quantitative estimate of drug-likeness (QED) is 0.883. The van der Waals surface area contributed by atoms with Gasteiger partial charge in [0.1, 0.15) is 0 Å². The van der Waals surface area contributed by atoms with Crippen molar-refractivity contribution in [2.75, 3.05) is 20.1 Å². The first-order chi connectivity index (χ1) is 11.9. The Morgan fingerprint density at radius 2 is 2.16 bits per heavy atom. The first-order valence-electron chi connectivity index (χ1n) is 8.45. The lowest BCUT2D eigenvalue weighted by Gasteiger charge is -2.18. The molecule has 3 amide bonds. The third kappa shape index (κ3) is 3.29. The summed E-state index contributed by atoms with van der Waals surface area (Å²) in [6.07, 6.45) is 0.772. The van der Waals surface area contributed by atoms with Crippen LogP contribution >= 0.6 is 0 Å². The number of urea groups is 1. The summed E-state index contributed by atoms with van der Waals surface area (Å²) in [6, 6.07) is 1.75. The smallest absolute Gasteiger partial charge is 0.317 e. The molecule has 134 valence electrons. The standard InChI is InChI=1S/C17H23N5O3/c1-9(2)19-17(24)22-6-5-11(8-22)14-13-12(15(23)18-4)7-10(3)20-16(13)25-21-14/h7,9,11H,5-6,8H2,1-4H3,(H,18,23)(H,19,24). The van der Waals surface area contributed by atoms with Crippen LogP contribution in [0.2, 0.25) is 0 Å². The maximum Gasteiger partial charge on any atom is 0.317 e. The van der Waals surface area contributed by atoms with E-state index in [9.17, 15) is 9.59 Å². The number of amides is 3. The molecule has 2 aromatic rings. The van der Waals surface area contributed by atoms with Crippen LogP contribution in [0.3, 0.4) is 0 Å². The fourth-order valence-corrected chi connectivity index (χ4v) is 3.19. The molecule has 25 heavy (non-hydrogen) atoms. The summed E-state index contributed by atoms with van der Waals surface area (Å²) in [5.74, 6) is -0.181. The van der Waals surface area contributed by atoms with Gasteiger partial charge in [0.05, 0.1) is 16.6 Å². The fraction of sp³-hybridized carbons (Fsp3) is 0.529. The summed E-state index contributed by atoms with van der Waals surface area (Å²) in [4.78, 5) is 30.6. The second kappa shape index (κ2) is 6.70. The molecule has 0 aromatic carbocycles. The van der Waals surface area contributed by atoms with Crippen molar-refractivity contribution in [2.45, 2.75) is 39.2 Å². The highest BCUT2D eigenvalue weighted by Crippen LogP contribution is 2.33. The maximum absolute atomic E-state index is 12.3. The van der Waals surface area contributed by atoms with Crippen LogP contribution in [0.25, 0.3) is 11.1 Å². The van der Waals surface area contributed by atoms with E-state index in [1.165, 1.54) is 0 Å². The van der Waals surface area contributed by atoms with Crippen LogP contribution in [0.5, 0.6) is 0 Å². The molecular weight excluding hydrogens is 322 g/mol. The third-order valence-electron chi connectivity index (χ3n) is 4.35. The van der Waals surface area contributed by atoms with E-state index in [1.807, 2.05) is 20.8 Å². The lowest BCUT2D eigenvalue weighted by Crippen LogP contribution is -2.41. The molecule has 1 fully saturated rings. The number of pyridine rings is 1. The number of nitrogens with zero attached hydrogens (tertiary/aromatic N) is 3. The highest BCUT2D eigenvalue weighted by Gasteiger charge is 2.32. The summed E-state index contributed by atoms with van der Waals surface area (Å²) in [5.41, 5.74) is 2.25. The van der Waals surface area contributed by atoms with E-state index in [2.05, 4.69) is 20.8 Å². The first-order valence-corrected chi connectivity index (χ1v) is 8.45. The van der Waals surface area contributed by atoms with Gasteiger partial charge in [-0.25, -0.2) is 9.78 Å². The van der Waals surface area contributed by atoms with Gasteiger partial charge in [-0.1, -0.05) is 5.16 Å². The molecule has 0 spiro atoms. The third-order valence-corrected chi connectivity index (χ3v) is 4.35. The molecule has 0 aliphatic carbocycles. The van der Waals surface area contributed by atoms with E-state index in [4.69, 9.17) is 4.52 Å². The van der Waals surface area contributed by atoms with Gasteiger partial charge in [-0.15, -0.1) is 0 Å². The van der Waals surface area contributed by atoms with Gasteiger partial charge in [-0.2, -0.15) is 0 Å². The predicted molar refractivity (Wildman–Crippen MR) is 92.5 cm³/mol. The highest BCUT2D eigenvalue weighted by atomic mass is 16.5. The maximum atomic E-state index is 12.3. The minimum absolute atomic E-state index is 0.0204. The zero-order chi connectivity index (χ0) is 18.1. The molecule has 0 radical (unpaired) electrons. The van der Waals surface area contributed by atoms with Crippen LogP contribution in [0.4, 0.5) is 4.79 Å². The van der Waals surface area contributed by atoms with Gasteiger partial charge >= 0.3 is 6.03 Å². The number of rotatable bonds is 3. The highest BCUT2D eigenvalue weighted by molar-refractivity contribution is 6.06. The number of likely N-dealkylation sites (tertiary alicyclic amines) is 1. The topological polar surface area (TPSA) is 100 Å². The second-order valence-electron chi connectivity index (χ2n) is 6.67. The van der Waals surface area contributed by atoms with Crippen LogP contribution < -0.4 is 10.6 Å². The molecule has 1 aliphatic rings. The number of hydrogen-bond donors (Lipinski definition) is 2. The molecule has 1 atom stereocenters. The van der Waals surface area contributed by atoms with Gasteiger partial charge in [0, 0.05) is 37.8 Å². The van der Waals surface area contributed by atoms with Crippen molar-refractivity contribution in [3.8, 4) is 0 Å². The molecule has 8 nitrogen and oxygen atoms in total. The van der Waals surface area contributed by atoms with Crippen LogP contribution in [0.15, 0.2) is 10.6 Å². The van der Waals surface area contributed by atoms with E-state index in [1.54, 1.807) is 18.0 Å². The molecule has 1 saturated heterocycles. The zero-order valence-corrected chi connectivity index (χ0v) is 14.9. The van der Waals surface area contributed by atoms with E-state index in [0.29, 0.717) is 41.1 Å². The van der Waals surface area contributed by atoms with E-state index in [-0.39, 0.29) is 23.9 Å². The monoisotopic (exact) mass is 345 g/mol. The van der Waals surface area contributed by atoms with Gasteiger partial charge in [0.2, 0.25) is 0 Å². The molecular formula is C17H23N5O3. The predicted octanol–water partition coefficient (Wildman–Crippen LogP) is 1.80. The van der Waals surface area contributed by atoms with Crippen molar-refractivity contribution in [3.05, 3.63) is 23.0 Å². The molecule has 3 rings (SSSR count). The summed E-state index contributed by atoms with van der Waals surface area (Å²) in [7, 11) is 1.59. The Labute approximate surface area is 145 Å². The van der Waals surface area contributed by atoms with E-state index >= 15 is 0 Å². The van der Waals surface area contributed by atoms with Crippen molar-refractivity contribution in [3.63, 3.8) is 0 Å². The van der Waals surface area contributed by atoms with Crippen molar-refractivity contribution in [1.82, 2.24) is 25.7 Å². The summed E-state index contributed by atoms with van der Waals surface area (Å²) in [6.45, 7) is 6.86. The van der Waals surface area contributed by atoms with Gasteiger partial charge < -0.3 is 20.1 Å². The molecule has 2 N–H and O–H groups in total. The Balaban J connectivity index is 1.92. The van der Waals surface area contributed by atoms with E-state index < -0.39 is 0 Å². The Hall–Kier alpha value is -2.64. The van der Waals surface area contributed by atoms with Crippen LogP contribution in [0, 0.1) is 6.92 Å². The number of aromatic nitrogens is 2. The molecule has 0 bridgehead atoms. The molecule has 3 heterocycles. The average molecular weight is 345 g/mol. The zero-order valence-electron chi connectivity index (χ0n) is 14.9. The van der Waals surface area contributed by atoms with Crippen LogP contribution in [-0.2, 0) is 0 Å². The van der Waals surface area contributed by atoms with Crippen LogP contribution in [0.1, 0.15) is 47.9 Å². The number of fused-ring (bicyclic) bond motifs is 1. The minimum atomic E-state index is -0.202. The van der Waals surface area contributed by atoms with Gasteiger partial charge in [0.25, 0.3) is 11.6 Å².